The van der Waals surface area contributed by atoms with Crippen molar-refractivity contribution < 1.29 is 4.79 Å². The van der Waals surface area contributed by atoms with Crippen LogP contribution in [0.1, 0.15) is 32.6 Å². The quantitative estimate of drug-likeness (QED) is 0.572. The minimum atomic E-state index is 0.207. The number of hydrogen-bond acceptors (Lipinski definition) is 2. The predicted molar refractivity (Wildman–Crippen MR) is 52.6 cm³/mol. The molecule has 0 aromatic carbocycles. The van der Waals surface area contributed by atoms with Gasteiger partial charge in [0.05, 0.1) is 0 Å². The molecule has 0 N–H and O–H groups in total. The molecule has 0 aliphatic carbocycles. The molecule has 2 bridgehead atoms. The Bertz CT molecular complexity index is 241. The van der Waals surface area contributed by atoms with Gasteiger partial charge in [0.15, 0.2) is 5.78 Å². The van der Waals surface area contributed by atoms with E-state index in [0.717, 1.165) is 12.8 Å². The van der Waals surface area contributed by atoms with E-state index in [9.17, 15) is 4.79 Å². The number of fused-ring (bicyclic) bond motifs is 2. The monoisotopic (exact) mass is 179 g/mol. The first kappa shape index (κ1) is 8.95. The second kappa shape index (κ2) is 3.26. The molecule has 2 heterocycles. The van der Waals surface area contributed by atoms with Gasteiger partial charge in [0.1, 0.15) is 0 Å². The van der Waals surface area contributed by atoms with Crippen LogP contribution in [0, 0.1) is 0 Å². The first-order valence-corrected chi connectivity index (χ1v) is 5.09. The highest BCUT2D eigenvalue weighted by molar-refractivity contribution is 5.88. The molecule has 2 aliphatic rings. The number of carbonyl (C=O) groups excluding carboxylic acids is 1. The van der Waals surface area contributed by atoms with Crippen molar-refractivity contribution in [2.45, 2.75) is 44.7 Å². The number of nitrogens with zero attached hydrogens (tertiary/aromatic N) is 1. The Morgan fingerprint density at radius 1 is 1.38 bits per heavy atom. The maximum Gasteiger partial charge on any atom is 0.152 e. The van der Waals surface area contributed by atoms with Crippen molar-refractivity contribution in [3.63, 3.8) is 0 Å². The molecule has 0 radical (unpaired) electrons. The highest BCUT2D eigenvalue weighted by Crippen LogP contribution is 2.36. The van der Waals surface area contributed by atoms with Crippen molar-refractivity contribution in [3.8, 4) is 0 Å². The lowest BCUT2D eigenvalue weighted by atomic mass is 9.96. The maximum absolute atomic E-state index is 10.9. The molecular formula is C11H17NO. The molecule has 2 saturated heterocycles. The Morgan fingerprint density at radius 3 is 2.38 bits per heavy atom. The van der Waals surface area contributed by atoms with Gasteiger partial charge < -0.3 is 0 Å². The molecule has 0 aromatic heterocycles. The fourth-order valence-corrected chi connectivity index (χ4v) is 2.68. The van der Waals surface area contributed by atoms with Crippen molar-refractivity contribution in [1.29, 1.82) is 0 Å². The molecule has 0 saturated carbocycles. The van der Waals surface area contributed by atoms with Crippen LogP contribution in [0.4, 0.5) is 0 Å². The maximum atomic E-state index is 10.9. The van der Waals surface area contributed by atoms with Crippen LogP contribution in [0.2, 0.25) is 0 Å². The second-order valence-corrected chi connectivity index (χ2v) is 4.37. The van der Waals surface area contributed by atoms with Crippen LogP contribution >= 0.6 is 0 Å². The zero-order valence-electron chi connectivity index (χ0n) is 8.42. The van der Waals surface area contributed by atoms with Gasteiger partial charge in [0.2, 0.25) is 0 Å². The van der Waals surface area contributed by atoms with Crippen molar-refractivity contribution in [2.75, 3.05) is 7.05 Å². The van der Waals surface area contributed by atoms with E-state index >= 15 is 0 Å². The molecule has 2 fully saturated rings. The Labute approximate surface area is 79.6 Å². The lowest BCUT2D eigenvalue weighted by molar-refractivity contribution is -0.112. The van der Waals surface area contributed by atoms with Gasteiger partial charge in [-0.3, -0.25) is 9.69 Å². The summed E-state index contributed by atoms with van der Waals surface area (Å²) in [4.78, 5) is 13.4. The van der Waals surface area contributed by atoms with E-state index in [0.29, 0.717) is 12.1 Å². The molecule has 2 nitrogen and oxygen atoms in total. The molecule has 2 aliphatic heterocycles. The number of carbonyl (C=O) groups is 1. The van der Waals surface area contributed by atoms with Crippen LogP contribution in [0.5, 0.6) is 0 Å². The third-order valence-corrected chi connectivity index (χ3v) is 3.39. The number of ketones is 1. The van der Waals surface area contributed by atoms with E-state index in [1.165, 1.54) is 18.4 Å². The third kappa shape index (κ3) is 1.68. The highest BCUT2D eigenvalue weighted by atomic mass is 16.1. The van der Waals surface area contributed by atoms with Gasteiger partial charge in [-0.25, -0.2) is 0 Å². The second-order valence-electron chi connectivity index (χ2n) is 4.37. The summed E-state index contributed by atoms with van der Waals surface area (Å²) in [5.41, 5.74) is 1.37. The van der Waals surface area contributed by atoms with Crippen LogP contribution < -0.4 is 0 Å². The van der Waals surface area contributed by atoms with Crippen LogP contribution in [-0.2, 0) is 4.79 Å². The van der Waals surface area contributed by atoms with Gasteiger partial charge in [-0.1, -0.05) is 5.57 Å². The molecule has 72 valence electrons. The lowest BCUT2D eigenvalue weighted by Crippen LogP contribution is -2.37. The summed E-state index contributed by atoms with van der Waals surface area (Å²) in [5, 5.41) is 0. The fraction of sp³-hybridized carbons (Fsp3) is 0.727. The Balaban J connectivity index is 2.11. The zero-order valence-corrected chi connectivity index (χ0v) is 8.42. The first-order valence-electron chi connectivity index (χ1n) is 5.09. The molecule has 2 heteroatoms. The van der Waals surface area contributed by atoms with Gasteiger partial charge in [-0.2, -0.15) is 0 Å². The Morgan fingerprint density at radius 2 is 1.92 bits per heavy atom. The lowest BCUT2D eigenvalue weighted by Gasteiger charge is -2.32. The summed E-state index contributed by atoms with van der Waals surface area (Å²) in [7, 11) is 2.22. The van der Waals surface area contributed by atoms with Crippen molar-refractivity contribution in [3.05, 3.63) is 11.6 Å². The normalized spacial score (nSPS) is 33.5. The zero-order chi connectivity index (χ0) is 9.42. The third-order valence-electron chi connectivity index (χ3n) is 3.39. The molecule has 2 rings (SSSR count). The summed E-state index contributed by atoms with van der Waals surface area (Å²) in [6, 6.07) is 1.42. The molecular weight excluding hydrogens is 162 g/mol. The van der Waals surface area contributed by atoms with E-state index in [-0.39, 0.29) is 5.78 Å². The summed E-state index contributed by atoms with van der Waals surface area (Å²) in [5.74, 6) is 0.207. The SMILES string of the molecule is CC(=O)C=C1CC2CCC(C1)N2C. The molecule has 2 unspecified atom stereocenters. The van der Waals surface area contributed by atoms with Gasteiger partial charge in [-0.15, -0.1) is 0 Å². The fourth-order valence-electron chi connectivity index (χ4n) is 2.68. The molecule has 0 amide bonds. The minimum Gasteiger partial charge on any atom is -0.300 e. The summed E-state index contributed by atoms with van der Waals surface area (Å²) in [6.07, 6.45) is 6.71. The van der Waals surface area contributed by atoms with Crippen molar-refractivity contribution >= 4 is 5.78 Å². The van der Waals surface area contributed by atoms with E-state index in [1.54, 1.807) is 6.92 Å². The van der Waals surface area contributed by atoms with Gasteiger partial charge >= 0.3 is 0 Å². The number of rotatable bonds is 1. The van der Waals surface area contributed by atoms with E-state index in [1.807, 2.05) is 6.08 Å². The van der Waals surface area contributed by atoms with Gasteiger partial charge in [-0.05, 0) is 45.7 Å². The number of piperidine rings is 1. The smallest absolute Gasteiger partial charge is 0.152 e. The van der Waals surface area contributed by atoms with Crippen molar-refractivity contribution in [2.24, 2.45) is 0 Å². The van der Waals surface area contributed by atoms with Crippen LogP contribution in [-0.4, -0.2) is 29.8 Å². The number of allylic oxidation sites excluding steroid dienone is 1. The minimum absolute atomic E-state index is 0.207. The first-order chi connectivity index (χ1) is 6.16. The summed E-state index contributed by atoms with van der Waals surface area (Å²) < 4.78 is 0. The summed E-state index contributed by atoms with van der Waals surface area (Å²) >= 11 is 0. The molecule has 0 spiro atoms. The van der Waals surface area contributed by atoms with E-state index in [2.05, 4.69) is 11.9 Å². The topological polar surface area (TPSA) is 20.3 Å². The molecule has 13 heavy (non-hydrogen) atoms. The largest absolute Gasteiger partial charge is 0.300 e. The van der Waals surface area contributed by atoms with E-state index < -0.39 is 0 Å². The summed E-state index contributed by atoms with van der Waals surface area (Å²) in [6.45, 7) is 1.65. The Hall–Kier alpha value is -0.630. The number of hydrogen-bond donors (Lipinski definition) is 0. The van der Waals surface area contributed by atoms with Crippen molar-refractivity contribution in [1.82, 2.24) is 4.90 Å². The molecule has 0 aromatic rings. The standard InChI is InChI=1S/C11H17NO/c1-8(13)5-9-6-10-3-4-11(7-9)12(10)2/h5,10-11H,3-4,6-7H2,1-2H3. The van der Waals surface area contributed by atoms with Crippen LogP contribution in [0.15, 0.2) is 11.6 Å². The Kier molecular flexibility index (Phi) is 2.24. The van der Waals surface area contributed by atoms with E-state index in [4.69, 9.17) is 0 Å². The van der Waals surface area contributed by atoms with Crippen LogP contribution in [0.25, 0.3) is 0 Å². The highest BCUT2D eigenvalue weighted by Gasteiger charge is 2.35. The van der Waals surface area contributed by atoms with Gasteiger partial charge in [0, 0.05) is 12.1 Å². The van der Waals surface area contributed by atoms with Crippen LogP contribution in [0.3, 0.4) is 0 Å². The molecule has 2 atom stereocenters. The average molecular weight is 179 g/mol. The predicted octanol–water partition coefficient (Wildman–Crippen LogP) is 1.76. The average Bonchev–Trinajstić information content (AvgIpc) is 2.33. The van der Waals surface area contributed by atoms with Gasteiger partial charge in [0.25, 0.3) is 0 Å².